The number of carbonyl (C=O) groups is 2. The molecule has 3 rings (SSSR count). The van der Waals surface area contributed by atoms with Gasteiger partial charge in [0.1, 0.15) is 11.5 Å². The van der Waals surface area contributed by atoms with E-state index in [0.29, 0.717) is 11.5 Å². The number of para-hydroxylation sites is 1. The minimum atomic E-state index is -0.914. The number of methoxy groups -OCH3 is 2. The first-order chi connectivity index (χ1) is 12.9. The predicted molar refractivity (Wildman–Crippen MR) is 102 cm³/mol. The highest BCUT2D eigenvalue weighted by atomic mass is 16.5. The van der Waals surface area contributed by atoms with Crippen LogP contribution in [-0.4, -0.2) is 38.2 Å². The Bertz CT molecular complexity index is 841. The van der Waals surface area contributed by atoms with Crippen molar-refractivity contribution in [3.8, 4) is 11.5 Å². The number of hydrogen-bond acceptors (Lipinski definition) is 5. The van der Waals surface area contributed by atoms with Gasteiger partial charge in [-0.15, -0.1) is 0 Å². The van der Waals surface area contributed by atoms with Crippen LogP contribution < -0.4 is 14.4 Å². The molecule has 0 spiro atoms. The van der Waals surface area contributed by atoms with Crippen LogP contribution in [0.1, 0.15) is 29.8 Å². The summed E-state index contributed by atoms with van der Waals surface area (Å²) in [6.07, 6.45) is -0.126. The van der Waals surface area contributed by atoms with E-state index in [1.165, 1.54) is 14.2 Å². The molecule has 1 aliphatic heterocycles. The predicted octanol–water partition coefficient (Wildman–Crippen LogP) is 3.23. The van der Waals surface area contributed by atoms with Gasteiger partial charge in [-0.2, -0.15) is 0 Å². The van der Waals surface area contributed by atoms with E-state index in [2.05, 4.69) is 0 Å². The van der Waals surface area contributed by atoms with Crippen molar-refractivity contribution < 1.29 is 23.8 Å². The maximum Gasteiger partial charge on any atom is 0.339 e. The first-order valence-electron chi connectivity index (χ1n) is 8.79. The molecule has 0 aromatic heterocycles. The van der Waals surface area contributed by atoms with Gasteiger partial charge in [0.15, 0.2) is 6.10 Å². The Hall–Kier alpha value is -3.02. The van der Waals surface area contributed by atoms with E-state index >= 15 is 0 Å². The van der Waals surface area contributed by atoms with Gasteiger partial charge in [-0.1, -0.05) is 18.2 Å². The molecule has 0 saturated carbocycles. The number of amides is 1. The van der Waals surface area contributed by atoms with Gasteiger partial charge >= 0.3 is 5.97 Å². The van der Waals surface area contributed by atoms with Crippen LogP contribution in [0.4, 0.5) is 5.69 Å². The van der Waals surface area contributed by atoms with E-state index in [1.807, 2.05) is 31.2 Å². The molecule has 6 heteroatoms. The Balaban J connectivity index is 1.76. The van der Waals surface area contributed by atoms with Crippen LogP contribution in [0.2, 0.25) is 0 Å². The van der Waals surface area contributed by atoms with E-state index in [-0.39, 0.29) is 17.5 Å². The molecule has 2 aromatic rings. The normalized spacial score (nSPS) is 16.4. The Morgan fingerprint density at radius 1 is 1.07 bits per heavy atom. The molecule has 0 saturated heterocycles. The number of fused-ring (bicyclic) bond motifs is 1. The van der Waals surface area contributed by atoms with Gasteiger partial charge in [-0.05, 0) is 44.0 Å². The fourth-order valence-corrected chi connectivity index (χ4v) is 3.30. The number of benzene rings is 2. The zero-order valence-electron chi connectivity index (χ0n) is 15.9. The summed E-state index contributed by atoms with van der Waals surface area (Å²) in [6, 6.07) is 12.6. The van der Waals surface area contributed by atoms with Gasteiger partial charge in [0.2, 0.25) is 0 Å². The van der Waals surface area contributed by atoms with Crippen LogP contribution in [0.5, 0.6) is 11.5 Å². The Morgan fingerprint density at radius 2 is 1.70 bits per heavy atom. The van der Waals surface area contributed by atoms with E-state index in [9.17, 15) is 9.59 Å². The first kappa shape index (κ1) is 18.8. The van der Waals surface area contributed by atoms with Crippen molar-refractivity contribution >= 4 is 17.6 Å². The van der Waals surface area contributed by atoms with E-state index in [4.69, 9.17) is 14.2 Å². The summed E-state index contributed by atoms with van der Waals surface area (Å²) in [5, 5.41) is 0. The van der Waals surface area contributed by atoms with Gasteiger partial charge < -0.3 is 19.1 Å². The van der Waals surface area contributed by atoms with Crippen LogP contribution in [0.3, 0.4) is 0 Å². The molecular weight excluding hydrogens is 346 g/mol. The first-order valence-corrected chi connectivity index (χ1v) is 8.79. The number of anilines is 1. The largest absolute Gasteiger partial charge is 0.497 e. The zero-order valence-corrected chi connectivity index (χ0v) is 15.9. The number of nitrogens with zero attached hydrogens (tertiary/aromatic N) is 1. The van der Waals surface area contributed by atoms with Gasteiger partial charge in [0.05, 0.1) is 19.8 Å². The molecule has 1 heterocycles. The van der Waals surface area contributed by atoms with Crippen molar-refractivity contribution in [2.45, 2.75) is 32.4 Å². The molecule has 0 unspecified atom stereocenters. The second kappa shape index (κ2) is 7.70. The molecule has 0 radical (unpaired) electrons. The minimum Gasteiger partial charge on any atom is -0.497 e. The lowest BCUT2D eigenvalue weighted by molar-refractivity contribution is -0.126. The molecule has 1 amide bonds. The van der Waals surface area contributed by atoms with Crippen LogP contribution in [0, 0.1) is 0 Å². The standard InChI is InChI=1S/C21H23NO5/c1-13-9-15-7-5-6-8-19(15)22(13)20(23)14(2)27-21(24)16-10-17(25-3)12-18(11-16)26-4/h5-8,10-14H,9H2,1-4H3/t13-,14+/m1/s1. The van der Waals surface area contributed by atoms with Crippen molar-refractivity contribution in [3.05, 3.63) is 53.6 Å². The molecule has 0 N–H and O–H groups in total. The van der Waals surface area contributed by atoms with Gasteiger partial charge in [-0.25, -0.2) is 4.79 Å². The quantitative estimate of drug-likeness (QED) is 0.757. The third kappa shape index (κ3) is 3.74. The number of hydrogen-bond donors (Lipinski definition) is 0. The minimum absolute atomic E-state index is 0.0213. The molecule has 142 valence electrons. The third-order valence-electron chi connectivity index (χ3n) is 4.66. The number of carbonyl (C=O) groups excluding carboxylic acids is 2. The summed E-state index contributed by atoms with van der Waals surface area (Å²) < 4.78 is 15.8. The van der Waals surface area contributed by atoms with Gasteiger partial charge in [0, 0.05) is 17.8 Å². The summed E-state index contributed by atoms with van der Waals surface area (Å²) in [7, 11) is 3.00. The third-order valence-corrected chi connectivity index (χ3v) is 4.66. The fourth-order valence-electron chi connectivity index (χ4n) is 3.30. The van der Waals surface area contributed by atoms with Crippen molar-refractivity contribution in [2.75, 3.05) is 19.1 Å². The average Bonchev–Trinajstić information content (AvgIpc) is 3.02. The summed E-state index contributed by atoms with van der Waals surface area (Å²) >= 11 is 0. The van der Waals surface area contributed by atoms with Crippen LogP contribution in [0.25, 0.3) is 0 Å². The highest BCUT2D eigenvalue weighted by Gasteiger charge is 2.34. The number of esters is 1. The molecule has 1 aliphatic rings. The van der Waals surface area contributed by atoms with Crippen LogP contribution in [0.15, 0.2) is 42.5 Å². The van der Waals surface area contributed by atoms with Crippen molar-refractivity contribution in [1.29, 1.82) is 0 Å². The molecule has 0 bridgehead atoms. The summed E-state index contributed by atoms with van der Waals surface area (Å²) in [5.41, 5.74) is 2.26. The molecule has 6 nitrogen and oxygen atoms in total. The van der Waals surface area contributed by atoms with Crippen LogP contribution >= 0.6 is 0 Å². The number of rotatable bonds is 5. The summed E-state index contributed by atoms with van der Waals surface area (Å²) in [5.74, 6) is 0.105. The molecule has 0 aliphatic carbocycles. The Labute approximate surface area is 158 Å². The lowest BCUT2D eigenvalue weighted by Gasteiger charge is -2.26. The molecule has 27 heavy (non-hydrogen) atoms. The van der Waals surface area contributed by atoms with Gasteiger partial charge in [0.25, 0.3) is 5.91 Å². The fraction of sp³-hybridized carbons (Fsp3) is 0.333. The molecular formula is C21H23NO5. The smallest absolute Gasteiger partial charge is 0.339 e. The van der Waals surface area contributed by atoms with Crippen molar-refractivity contribution in [1.82, 2.24) is 0 Å². The second-order valence-electron chi connectivity index (χ2n) is 6.54. The number of ether oxygens (including phenoxy) is 3. The monoisotopic (exact) mass is 369 g/mol. The average molecular weight is 369 g/mol. The lowest BCUT2D eigenvalue weighted by atomic mass is 10.1. The van der Waals surface area contributed by atoms with E-state index in [1.54, 1.807) is 30.0 Å². The van der Waals surface area contributed by atoms with Gasteiger partial charge in [-0.3, -0.25) is 4.79 Å². The van der Waals surface area contributed by atoms with Crippen molar-refractivity contribution in [2.24, 2.45) is 0 Å². The summed E-state index contributed by atoms with van der Waals surface area (Å²) in [6.45, 7) is 3.57. The zero-order chi connectivity index (χ0) is 19.6. The van der Waals surface area contributed by atoms with E-state index in [0.717, 1.165) is 17.7 Å². The maximum absolute atomic E-state index is 12.9. The Morgan fingerprint density at radius 3 is 2.33 bits per heavy atom. The topological polar surface area (TPSA) is 65.1 Å². The lowest BCUT2D eigenvalue weighted by Crippen LogP contribution is -2.43. The highest BCUT2D eigenvalue weighted by molar-refractivity contribution is 6.01. The highest BCUT2D eigenvalue weighted by Crippen LogP contribution is 2.32. The van der Waals surface area contributed by atoms with Crippen LogP contribution in [-0.2, 0) is 16.0 Å². The second-order valence-corrected chi connectivity index (χ2v) is 6.54. The van der Waals surface area contributed by atoms with Crippen molar-refractivity contribution in [3.63, 3.8) is 0 Å². The Kier molecular flexibility index (Phi) is 5.35. The van der Waals surface area contributed by atoms with E-state index < -0.39 is 12.1 Å². The SMILES string of the molecule is COc1cc(OC)cc(C(=O)O[C@@H](C)C(=O)N2c3ccccc3C[C@H]2C)c1. The molecule has 2 aromatic carbocycles. The summed E-state index contributed by atoms with van der Waals surface area (Å²) in [4.78, 5) is 27.2. The molecule has 0 fully saturated rings. The maximum atomic E-state index is 12.9. The molecule has 2 atom stereocenters.